The van der Waals surface area contributed by atoms with Crippen molar-refractivity contribution >= 4 is 16.9 Å². The number of amides is 2. The van der Waals surface area contributed by atoms with Crippen LogP contribution in [0.25, 0.3) is 16.6 Å². The first-order valence-electron chi connectivity index (χ1n) is 11.6. The third-order valence-electron chi connectivity index (χ3n) is 6.61. The van der Waals surface area contributed by atoms with Gasteiger partial charge in [0.25, 0.3) is 5.56 Å². The number of aryl methyl sites for hydroxylation is 1. The van der Waals surface area contributed by atoms with Crippen LogP contribution in [-0.4, -0.2) is 33.6 Å². The lowest BCUT2D eigenvalue weighted by Gasteiger charge is -2.30. The molecule has 0 aliphatic heterocycles. The molecule has 0 spiro atoms. The average molecular weight is 433 g/mol. The summed E-state index contributed by atoms with van der Waals surface area (Å²) in [6.07, 6.45) is 6.53. The Hall–Kier alpha value is -3.15. The highest BCUT2D eigenvalue weighted by Crippen LogP contribution is 2.23. The predicted molar refractivity (Wildman–Crippen MR) is 128 cm³/mol. The van der Waals surface area contributed by atoms with Gasteiger partial charge in [0.15, 0.2) is 0 Å². The fourth-order valence-electron chi connectivity index (χ4n) is 4.43. The summed E-state index contributed by atoms with van der Waals surface area (Å²) < 4.78 is 1.65. The Morgan fingerprint density at radius 2 is 1.81 bits per heavy atom. The molecule has 3 aromatic rings. The van der Waals surface area contributed by atoms with E-state index in [9.17, 15) is 9.59 Å². The van der Waals surface area contributed by atoms with Gasteiger partial charge in [-0.2, -0.15) is 0 Å². The molecule has 1 unspecified atom stereocenters. The van der Waals surface area contributed by atoms with Crippen LogP contribution in [0.5, 0.6) is 0 Å². The standard InChI is InChI=1S/C26H32N4O2/c1-4-19-14-16-21(17-15-19)30-24(28-23-13-9-8-12-22(23)25(30)31)18(2)29(3)26(32)27-20-10-6-5-7-11-20/h8-9,12-18,20H,4-7,10-11H2,1-3H3,(H,27,32). The third-order valence-corrected chi connectivity index (χ3v) is 6.61. The molecule has 32 heavy (non-hydrogen) atoms. The normalized spacial score (nSPS) is 15.5. The Bertz CT molecular complexity index is 1150. The van der Waals surface area contributed by atoms with E-state index in [0.717, 1.165) is 37.8 Å². The number of rotatable bonds is 5. The van der Waals surface area contributed by atoms with Crippen molar-refractivity contribution in [2.24, 2.45) is 0 Å². The lowest BCUT2D eigenvalue weighted by molar-refractivity contribution is 0.184. The van der Waals surface area contributed by atoms with Gasteiger partial charge in [-0.3, -0.25) is 9.36 Å². The quantitative estimate of drug-likeness (QED) is 0.618. The van der Waals surface area contributed by atoms with E-state index < -0.39 is 0 Å². The van der Waals surface area contributed by atoms with Crippen LogP contribution in [0.4, 0.5) is 4.79 Å². The zero-order valence-electron chi connectivity index (χ0n) is 19.2. The number of hydrogen-bond donors (Lipinski definition) is 1. The first-order valence-corrected chi connectivity index (χ1v) is 11.6. The van der Waals surface area contributed by atoms with Crippen molar-refractivity contribution in [3.05, 3.63) is 70.3 Å². The van der Waals surface area contributed by atoms with E-state index in [-0.39, 0.29) is 23.7 Å². The van der Waals surface area contributed by atoms with Crippen molar-refractivity contribution in [1.29, 1.82) is 0 Å². The summed E-state index contributed by atoms with van der Waals surface area (Å²) in [7, 11) is 1.77. The summed E-state index contributed by atoms with van der Waals surface area (Å²) in [4.78, 5) is 33.0. The number of benzene rings is 2. The highest BCUT2D eigenvalue weighted by Gasteiger charge is 2.26. The second kappa shape index (κ2) is 9.55. The molecule has 1 heterocycles. The number of para-hydroxylation sites is 1. The predicted octanol–water partition coefficient (Wildman–Crippen LogP) is 4.98. The Morgan fingerprint density at radius 1 is 1.12 bits per heavy atom. The first kappa shape index (κ1) is 22.1. The SMILES string of the molecule is CCc1ccc(-n2c(C(C)N(C)C(=O)NC3CCCCC3)nc3ccccc3c2=O)cc1. The molecule has 6 heteroatoms. The van der Waals surface area contributed by atoms with Crippen molar-refractivity contribution in [3.8, 4) is 5.69 Å². The summed E-state index contributed by atoms with van der Waals surface area (Å²) in [6, 6.07) is 15.1. The number of urea groups is 1. The molecule has 2 aromatic carbocycles. The number of aromatic nitrogens is 2. The van der Waals surface area contributed by atoms with Gasteiger partial charge in [-0.15, -0.1) is 0 Å². The number of nitrogens with zero attached hydrogens (tertiary/aromatic N) is 3. The lowest BCUT2D eigenvalue weighted by atomic mass is 9.96. The fraction of sp³-hybridized carbons (Fsp3) is 0.423. The van der Waals surface area contributed by atoms with Gasteiger partial charge in [-0.1, -0.05) is 50.5 Å². The van der Waals surface area contributed by atoms with E-state index in [2.05, 4.69) is 12.2 Å². The molecule has 1 saturated carbocycles. The van der Waals surface area contributed by atoms with Crippen LogP contribution >= 0.6 is 0 Å². The molecular weight excluding hydrogens is 400 g/mol. The van der Waals surface area contributed by atoms with E-state index in [1.54, 1.807) is 22.6 Å². The van der Waals surface area contributed by atoms with Crippen LogP contribution in [-0.2, 0) is 6.42 Å². The highest BCUT2D eigenvalue weighted by atomic mass is 16.2. The number of carbonyl (C=O) groups is 1. The molecule has 0 saturated heterocycles. The number of hydrogen-bond acceptors (Lipinski definition) is 3. The molecule has 1 aliphatic rings. The van der Waals surface area contributed by atoms with Gasteiger partial charge in [-0.25, -0.2) is 9.78 Å². The van der Waals surface area contributed by atoms with Crippen molar-refractivity contribution in [3.63, 3.8) is 0 Å². The monoisotopic (exact) mass is 432 g/mol. The molecule has 0 bridgehead atoms. The number of fused-ring (bicyclic) bond motifs is 1. The van der Waals surface area contributed by atoms with Crippen LogP contribution in [0.15, 0.2) is 53.3 Å². The van der Waals surface area contributed by atoms with Crippen LogP contribution in [0.3, 0.4) is 0 Å². The topological polar surface area (TPSA) is 67.2 Å². The molecule has 1 atom stereocenters. The number of carbonyl (C=O) groups excluding carboxylic acids is 1. The molecule has 1 N–H and O–H groups in total. The van der Waals surface area contributed by atoms with Crippen molar-refractivity contribution in [2.45, 2.75) is 64.5 Å². The Kier molecular flexibility index (Phi) is 6.58. The van der Waals surface area contributed by atoms with E-state index in [0.29, 0.717) is 16.7 Å². The highest BCUT2D eigenvalue weighted by molar-refractivity contribution is 5.78. The van der Waals surface area contributed by atoms with Gasteiger partial charge < -0.3 is 10.2 Å². The molecule has 1 fully saturated rings. The van der Waals surface area contributed by atoms with Gasteiger partial charge >= 0.3 is 6.03 Å². The molecule has 6 nitrogen and oxygen atoms in total. The minimum absolute atomic E-state index is 0.122. The second-order valence-corrected chi connectivity index (χ2v) is 8.72. The van der Waals surface area contributed by atoms with Crippen LogP contribution in [0, 0.1) is 0 Å². The van der Waals surface area contributed by atoms with Gasteiger partial charge in [0.05, 0.1) is 22.6 Å². The van der Waals surface area contributed by atoms with E-state index in [1.807, 2.05) is 49.4 Å². The zero-order valence-corrected chi connectivity index (χ0v) is 19.2. The van der Waals surface area contributed by atoms with Gasteiger partial charge in [0, 0.05) is 13.1 Å². The summed E-state index contributed by atoms with van der Waals surface area (Å²) in [6.45, 7) is 4.03. The summed E-state index contributed by atoms with van der Waals surface area (Å²) in [5, 5.41) is 3.73. The van der Waals surface area contributed by atoms with E-state index >= 15 is 0 Å². The van der Waals surface area contributed by atoms with Gasteiger partial charge in [0.2, 0.25) is 0 Å². The van der Waals surface area contributed by atoms with Gasteiger partial charge in [-0.05, 0) is 56.0 Å². The summed E-state index contributed by atoms with van der Waals surface area (Å²) >= 11 is 0. The Labute approximate surface area is 189 Å². The van der Waals surface area contributed by atoms with Crippen molar-refractivity contribution in [2.75, 3.05) is 7.05 Å². The molecule has 0 radical (unpaired) electrons. The Morgan fingerprint density at radius 3 is 2.50 bits per heavy atom. The van der Waals surface area contributed by atoms with Crippen LogP contribution < -0.4 is 10.9 Å². The van der Waals surface area contributed by atoms with Gasteiger partial charge in [0.1, 0.15) is 5.82 Å². The lowest BCUT2D eigenvalue weighted by Crippen LogP contribution is -2.45. The summed E-state index contributed by atoms with van der Waals surface area (Å²) in [5.74, 6) is 0.555. The number of nitrogens with one attached hydrogen (secondary N) is 1. The molecule has 1 aliphatic carbocycles. The summed E-state index contributed by atoms with van der Waals surface area (Å²) in [5.41, 5.74) is 2.48. The van der Waals surface area contributed by atoms with Crippen LogP contribution in [0.1, 0.15) is 63.4 Å². The van der Waals surface area contributed by atoms with Crippen LogP contribution in [0.2, 0.25) is 0 Å². The molecule has 4 rings (SSSR count). The molecule has 1 aromatic heterocycles. The molecule has 168 valence electrons. The molecule has 2 amide bonds. The smallest absolute Gasteiger partial charge is 0.317 e. The fourth-order valence-corrected chi connectivity index (χ4v) is 4.43. The first-order chi connectivity index (χ1) is 15.5. The average Bonchev–Trinajstić information content (AvgIpc) is 2.84. The van der Waals surface area contributed by atoms with Crippen molar-refractivity contribution < 1.29 is 4.79 Å². The second-order valence-electron chi connectivity index (χ2n) is 8.72. The minimum atomic E-state index is -0.387. The maximum absolute atomic E-state index is 13.5. The Balaban J connectivity index is 1.74. The zero-order chi connectivity index (χ0) is 22.7. The van der Waals surface area contributed by atoms with Crippen molar-refractivity contribution in [1.82, 2.24) is 19.8 Å². The van der Waals surface area contributed by atoms with E-state index in [4.69, 9.17) is 4.98 Å². The van der Waals surface area contributed by atoms with E-state index in [1.165, 1.54) is 12.0 Å². The maximum atomic E-state index is 13.5. The third kappa shape index (κ3) is 4.40. The maximum Gasteiger partial charge on any atom is 0.317 e. The largest absolute Gasteiger partial charge is 0.335 e. The minimum Gasteiger partial charge on any atom is -0.335 e. The molecular formula is C26H32N4O2.